The van der Waals surface area contributed by atoms with Gasteiger partial charge in [0, 0.05) is 12.1 Å². The fourth-order valence-electron chi connectivity index (χ4n) is 6.42. The van der Waals surface area contributed by atoms with Crippen LogP contribution in [0.4, 0.5) is 0 Å². The molecular weight excluding hydrogens is 242 g/mol. The quantitative estimate of drug-likeness (QED) is 0.793. The molecule has 0 amide bonds. The van der Waals surface area contributed by atoms with E-state index in [4.69, 9.17) is 0 Å². The Bertz CT molecular complexity index is 312. The van der Waals surface area contributed by atoms with Gasteiger partial charge in [-0.3, -0.25) is 0 Å². The van der Waals surface area contributed by atoms with Crippen molar-refractivity contribution in [2.24, 2.45) is 35.5 Å². The van der Waals surface area contributed by atoms with E-state index in [1.165, 1.54) is 25.7 Å². The summed E-state index contributed by atoms with van der Waals surface area (Å²) < 4.78 is 0. The Labute approximate surface area is 125 Å². The third kappa shape index (κ3) is 2.45. The molecule has 4 bridgehead atoms. The van der Waals surface area contributed by atoms with E-state index < -0.39 is 0 Å². The number of rotatable bonds is 3. The van der Waals surface area contributed by atoms with Gasteiger partial charge in [-0.1, -0.05) is 13.8 Å². The van der Waals surface area contributed by atoms with Gasteiger partial charge in [0.05, 0.1) is 0 Å². The lowest BCUT2D eigenvalue weighted by atomic mass is 9.54. The van der Waals surface area contributed by atoms with Crippen molar-refractivity contribution in [1.82, 2.24) is 5.32 Å². The second-order valence-corrected chi connectivity index (χ2v) is 8.98. The van der Waals surface area contributed by atoms with E-state index >= 15 is 0 Å². The highest BCUT2D eigenvalue weighted by atomic mass is 15.0. The summed E-state index contributed by atoms with van der Waals surface area (Å²) in [6.45, 7) is 4.83. The lowest BCUT2D eigenvalue weighted by Gasteiger charge is -2.55. The van der Waals surface area contributed by atoms with Crippen LogP contribution in [0.15, 0.2) is 0 Å². The Balaban J connectivity index is 1.34. The lowest BCUT2D eigenvalue weighted by Crippen LogP contribution is -2.57. The minimum Gasteiger partial charge on any atom is -0.311 e. The molecule has 0 atom stereocenters. The summed E-state index contributed by atoms with van der Waals surface area (Å²) in [4.78, 5) is 0. The predicted octanol–water partition coefficient (Wildman–Crippen LogP) is 4.62. The van der Waals surface area contributed by atoms with Crippen molar-refractivity contribution >= 4 is 0 Å². The van der Waals surface area contributed by atoms with Crippen molar-refractivity contribution in [3.05, 3.63) is 0 Å². The first-order valence-corrected chi connectivity index (χ1v) is 9.45. The molecule has 0 aromatic rings. The van der Waals surface area contributed by atoms with Crippen molar-refractivity contribution in [3.63, 3.8) is 0 Å². The van der Waals surface area contributed by atoms with Gasteiger partial charge in [-0.05, 0) is 93.3 Å². The molecule has 1 N–H and O–H groups in total. The molecule has 0 unspecified atom stereocenters. The molecule has 5 aliphatic carbocycles. The largest absolute Gasteiger partial charge is 0.311 e. The van der Waals surface area contributed by atoms with Crippen molar-refractivity contribution in [3.8, 4) is 0 Å². The Kier molecular flexibility index (Phi) is 3.61. The highest BCUT2D eigenvalue weighted by molar-refractivity contribution is 5.02. The van der Waals surface area contributed by atoms with Gasteiger partial charge >= 0.3 is 0 Å². The van der Waals surface area contributed by atoms with E-state index in [2.05, 4.69) is 19.2 Å². The summed E-state index contributed by atoms with van der Waals surface area (Å²) in [6, 6.07) is 1.76. The highest BCUT2D eigenvalue weighted by Crippen LogP contribution is 2.54. The molecule has 0 radical (unpaired) electrons. The number of nitrogens with one attached hydrogen (secondary N) is 1. The molecule has 5 aliphatic rings. The maximum Gasteiger partial charge on any atom is 0.0127 e. The zero-order valence-electron chi connectivity index (χ0n) is 13.5. The van der Waals surface area contributed by atoms with Gasteiger partial charge in [0.1, 0.15) is 0 Å². The summed E-state index contributed by atoms with van der Waals surface area (Å²) in [5.74, 6) is 6.24. The molecular formula is C19H33N. The van der Waals surface area contributed by atoms with Crippen LogP contribution in [0.3, 0.4) is 0 Å². The SMILES string of the molecule is CC(C)C1CCC(NC2C3CC4CC(C3)CC2C4)CC1. The van der Waals surface area contributed by atoms with E-state index in [1.807, 2.05) is 0 Å². The monoisotopic (exact) mass is 275 g/mol. The van der Waals surface area contributed by atoms with Crippen LogP contribution < -0.4 is 5.32 Å². The Morgan fingerprint density at radius 1 is 0.750 bits per heavy atom. The zero-order valence-corrected chi connectivity index (χ0v) is 13.5. The van der Waals surface area contributed by atoms with Gasteiger partial charge in [0.2, 0.25) is 0 Å². The summed E-state index contributed by atoms with van der Waals surface area (Å²) >= 11 is 0. The van der Waals surface area contributed by atoms with Crippen molar-refractivity contribution in [2.45, 2.75) is 83.7 Å². The normalized spacial score (nSPS) is 50.9. The number of hydrogen-bond acceptors (Lipinski definition) is 1. The smallest absolute Gasteiger partial charge is 0.0127 e. The third-order valence-corrected chi connectivity index (χ3v) is 7.37. The van der Waals surface area contributed by atoms with Crippen LogP contribution in [0.5, 0.6) is 0 Å². The predicted molar refractivity (Wildman–Crippen MR) is 84.6 cm³/mol. The van der Waals surface area contributed by atoms with Crippen LogP contribution >= 0.6 is 0 Å². The fraction of sp³-hybridized carbons (Fsp3) is 1.00. The third-order valence-electron chi connectivity index (χ3n) is 7.37. The summed E-state index contributed by atoms with van der Waals surface area (Å²) in [6.07, 6.45) is 13.7. The van der Waals surface area contributed by atoms with Crippen molar-refractivity contribution < 1.29 is 0 Å². The minimum absolute atomic E-state index is 0.854. The molecule has 0 heterocycles. The molecule has 20 heavy (non-hydrogen) atoms. The van der Waals surface area contributed by atoms with Crippen LogP contribution in [0, 0.1) is 35.5 Å². The van der Waals surface area contributed by atoms with E-state index in [9.17, 15) is 0 Å². The second kappa shape index (κ2) is 5.30. The molecule has 114 valence electrons. The van der Waals surface area contributed by atoms with Gasteiger partial charge in [-0.25, -0.2) is 0 Å². The minimum atomic E-state index is 0.854. The van der Waals surface area contributed by atoms with Crippen LogP contribution in [-0.4, -0.2) is 12.1 Å². The molecule has 0 aliphatic heterocycles. The first-order valence-electron chi connectivity index (χ1n) is 9.45. The Morgan fingerprint density at radius 3 is 1.80 bits per heavy atom. The average Bonchev–Trinajstić information content (AvgIpc) is 2.42. The Morgan fingerprint density at radius 2 is 1.30 bits per heavy atom. The standard InChI is InChI=1S/C19H33N/c1-12(2)15-3-5-18(6-4-15)20-19-16-8-13-7-14(10-16)11-17(19)9-13/h12-20H,3-11H2,1-2H3. The van der Waals surface area contributed by atoms with Crippen molar-refractivity contribution in [1.29, 1.82) is 0 Å². The summed E-state index contributed by atoms with van der Waals surface area (Å²) in [5.41, 5.74) is 0. The fourth-order valence-corrected chi connectivity index (χ4v) is 6.42. The summed E-state index contributed by atoms with van der Waals surface area (Å²) in [5, 5.41) is 4.16. The van der Waals surface area contributed by atoms with Gasteiger partial charge in [-0.2, -0.15) is 0 Å². The molecule has 0 aromatic carbocycles. The summed E-state index contributed by atoms with van der Waals surface area (Å²) in [7, 11) is 0. The van der Waals surface area contributed by atoms with E-state index in [0.29, 0.717) is 0 Å². The van der Waals surface area contributed by atoms with Crippen LogP contribution in [0.2, 0.25) is 0 Å². The topological polar surface area (TPSA) is 12.0 Å². The van der Waals surface area contributed by atoms with E-state index in [0.717, 1.165) is 47.6 Å². The van der Waals surface area contributed by atoms with Crippen LogP contribution in [0.1, 0.15) is 71.6 Å². The van der Waals surface area contributed by atoms with Crippen LogP contribution in [-0.2, 0) is 0 Å². The molecule has 5 saturated carbocycles. The van der Waals surface area contributed by atoms with Gasteiger partial charge in [0.25, 0.3) is 0 Å². The molecule has 0 saturated heterocycles. The van der Waals surface area contributed by atoms with E-state index in [-0.39, 0.29) is 0 Å². The second-order valence-electron chi connectivity index (χ2n) is 8.98. The van der Waals surface area contributed by atoms with Gasteiger partial charge in [0.15, 0.2) is 0 Å². The molecule has 0 spiro atoms. The number of hydrogen-bond donors (Lipinski definition) is 1. The molecule has 0 aromatic heterocycles. The Hall–Kier alpha value is -0.0400. The molecule has 5 fully saturated rings. The molecule has 5 rings (SSSR count). The van der Waals surface area contributed by atoms with E-state index in [1.54, 1.807) is 32.1 Å². The maximum absolute atomic E-state index is 4.16. The van der Waals surface area contributed by atoms with Gasteiger partial charge in [-0.15, -0.1) is 0 Å². The van der Waals surface area contributed by atoms with Crippen molar-refractivity contribution in [2.75, 3.05) is 0 Å². The first-order chi connectivity index (χ1) is 9.69. The lowest BCUT2D eigenvalue weighted by molar-refractivity contribution is -0.0201. The van der Waals surface area contributed by atoms with Gasteiger partial charge < -0.3 is 5.32 Å². The highest BCUT2D eigenvalue weighted by Gasteiger charge is 2.48. The molecule has 1 heteroatoms. The zero-order chi connectivity index (χ0) is 13.7. The maximum atomic E-state index is 4.16. The van der Waals surface area contributed by atoms with Crippen LogP contribution in [0.25, 0.3) is 0 Å². The molecule has 1 nitrogen and oxygen atoms in total. The first kappa shape index (κ1) is 13.6. The average molecular weight is 275 g/mol.